The van der Waals surface area contributed by atoms with E-state index in [1.165, 1.54) is 0 Å². The summed E-state index contributed by atoms with van der Waals surface area (Å²) in [6, 6.07) is 32.4. The summed E-state index contributed by atoms with van der Waals surface area (Å²) in [5.74, 6) is 1.93. The summed E-state index contributed by atoms with van der Waals surface area (Å²) in [5.41, 5.74) is 5.67. The minimum Gasteiger partial charge on any atom is -0.456 e. The van der Waals surface area contributed by atoms with Crippen molar-refractivity contribution in [1.82, 2.24) is 15.0 Å². The lowest BCUT2D eigenvalue weighted by molar-refractivity contribution is 0.669. The van der Waals surface area contributed by atoms with E-state index in [0.717, 1.165) is 44.2 Å². The monoisotopic (exact) mass is 443 g/mol. The number of nitrogens with zero attached hydrogens (tertiary/aromatic N) is 3. The third-order valence-corrected chi connectivity index (χ3v) is 5.58. The molecule has 0 N–H and O–H groups in total. The van der Waals surface area contributed by atoms with Gasteiger partial charge in [-0.05, 0) is 31.2 Å². The van der Waals surface area contributed by atoms with Crippen molar-refractivity contribution in [2.75, 3.05) is 0 Å². The molecule has 0 aliphatic rings. The summed E-state index contributed by atoms with van der Waals surface area (Å²) < 4.78 is 6.09. The number of rotatable bonds is 3. The molecule has 166 valence electrons. The highest BCUT2D eigenvalue weighted by molar-refractivity contribution is 6.05. The Morgan fingerprint density at radius 1 is 0.500 bits per heavy atom. The molecule has 0 aliphatic heterocycles. The number of furan rings is 1. The molecule has 0 aliphatic carbocycles. The van der Waals surface area contributed by atoms with Crippen LogP contribution in [0.15, 0.2) is 101 Å². The highest BCUT2D eigenvalue weighted by Crippen LogP contribution is 2.32. The largest absolute Gasteiger partial charge is 0.456 e. The molecule has 6 aromatic rings. The molecule has 0 saturated carbocycles. The van der Waals surface area contributed by atoms with E-state index in [0.29, 0.717) is 17.5 Å². The first-order valence-corrected chi connectivity index (χ1v) is 11.5. The first kappa shape index (κ1) is 21.5. The van der Waals surface area contributed by atoms with Crippen LogP contribution in [-0.2, 0) is 0 Å². The average molecular weight is 444 g/mol. The molecule has 4 aromatic carbocycles. The Morgan fingerprint density at radius 3 is 1.82 bits per heavy atom. The fourth-order valence-corrected chi connectivity index (χ4v) is 4.00. The van der Waals surface area contributed by atoms with Crippen LogP contribution in [0.2, 0.25) is 0 Å². The van der Waals surface area contributed by atoms with Crippen molar-refractivity contribution in [3.8, 4) is 34.2 Å². The van der Waals surface area contributed by atoms with Crippen molar-refractivity contribution < 1.29 is 4.42 Å². The minimum absolute atomic E-state index is 0.623. The normalized spacial score (nSPS) is 10.8. The van der Waals surface area contributed by atoms with Crippen molar-refractivity contribution in [2.24, 2.45) is 0 Å². The van der Waals surface area contributed by atoms with Gasteiger partial charge in [-0.25, -0.2) is 15.0 Å². The predicted molar refractivity (Wildman–Crippen MR) is 139 cm³/mol. The highest BCUT2D eigenvalue weighted by atomic mass is 16.3. The highest BCUT2D eigenvalue weighted by Gasteiger charge is 2.14. The zero-order valence-electron chi connectivity index (χ0n) is 19.5. The number of para-hydroxylation sites is 1. The molecular formula is C30H25N3O. The Balaban J connectivity index is 0.00000117. The lowest BCUT2D eigenvalue weighted by atomic mass is 10.1. The molecular weight excluding hydrogens is 418 g/mol. The minimum atomic E-state index is 0.623. The maximum absolute atomic E-state index is 6.09. The van der Waals surface area contributed by atoms with Gasteiger partial charge in [-0.15, -0.1) is 0 Å². The Kier molecular flexibility index (Phi) is 5.88. The van der Waals surface area contributed by atoms with Crippen molar-refractivity contribution in [1.29, 1.82) is 0 Å². The molecule has 4 heteroatoms. The molecule has 0 radical (unpaired) electrons. The molecule has 0 fully saturated rings. The zero-order chi connectivity index (χ0) is 23.5. The maximum atomic E-state index is 6.09. The topological polar surface area (TPSA) is 51.8 Å². The van der Waals surface area contributed by atoms with E-state index in [2.05, 4.69) is 37.3 Å². The van der Waals surface area contributed by atoms with Crippen LogP contribution < -0.4 is 0 Å². The SMILES string of the molecule is CC.Cc1cccc(-c2nc(-c3ccccc3)nc(-c3ccc4c(c3)oc3ccccc34)n2)c1. The molecule has 6 rings (SSSR count). The van der Waals surface area contributed by atoms with Crippen molar-refractivity contribution in [3.05, 3.63) is 103 Å². The number of hydrogen-bond donors (Lipinski definition) is 0. The van der Waals surface area contributed by atoms with Crippen molar-refractivity contribution >= 4 is 21.9 Å². The second-order valence-electron chi connectivity index (χ2n) is 7.85. The third-order valence-electron chi connectivity index (χ3n) is 5.58. The Bertz CT molecular complexity index is 1590. The van der Waals surface area contributed by atoms with E-state index in [9.17, 15) is 0 Å². The smallest absolute Gasteiger partial charge is 0.164 e. The van der Waals surface area contributed by atoms with Gasteiger partial charge < -0.3 is 4.42 Å². The van der Waals surface area contributed by atoms with E-state index in [1.807, 2.05) is 80.6 Å². The van der Waals surface area contributed by atoms with E-state index in [1.54, 1.807) is 0 Å². The van der Waals surface area contributed by atoms with Crippen LogP contribution in [0.1, 0.15) is 19.4 Å². The summed E-state index contributed by atoms with van der Waals surface area (Å²) in [7, 11) is 0. The fourth-order valence-electron chi connectivity index (χ4n) is 4.00. The molecule has 4 nitrogen and oxygen atoms in total. The summed E-state index contributed by atoms with van der Waals surface area (Å²) in [6.45, 7) is 6.07. The van der Waals surface area contributed by atoms with Crippen LogP contribution in [0.4, 0.5) is 0 Å². The van der Waals surface area contributed by atoms with Crippen LogP contribution in [0, 0.1) is 6.92 Å². The Morgan fingerprint density at radius 2 is 1.09 bits per heavy atom. The lowest BCUT2D eigenvalue weighted by Gasteiger charge is -2.08. The predicted octanol–water partition coefficient (Wildman–Crippen LogP) is 8.11. The number of hydrogen-bond acceptors (Lipinski definition) is 4. The zero-order valence-corrected chi connectivity index (χ0v) is 19.5. The van der Waals surface area contributed by atoms with E-state index >= 15 is 0 Å². The van der Waals surface area contributed by atoms with E-state index < -0.39 is 0 Å². The first-order chi connectivity index (χ1) is 16.7. The van der Waals surface area contributed by atoms with Gasteiger partial charge in [0.25, 0.3) is 0 Å². The number of fused-ring (bicyclic) bond motifs is 3. The maximum Gasteiger partial charge on any atom is 0.164 e. The fraction of sp³-hybridized carbons (Fsp3) is 0.100. The standard InChI is InChI=1S/C28H19N3O.C2H6/c1-18-8-7-11-20(16-18)27-29-26(19-9-3-2-4-10-19)30-28(31-27)21-14-15-23-22-12-5-6-13-24(22)32-25(23)17-21;1-2/h2-17H,1H3;1-2H3. The van der Waals surface area contributed by atoms with Gasteiger partial charge >= 0.3 is 0 Å². The molecule has 0 unspecified atom stereocenters. The number of aromatic nitrogens is 3. The summed E-state index contributed by atoms with van der Waals surface area (Å²) >= 11 is 0. The van der Waals surface area contributed by atoms with Gasteiger partial charge in [0.2, 0.25) is 0 Å². The van der Waals surface area contributed by atoms with Gasteiger partial charge in [0.15, 0.2) is 17.5 Å². The molecule has 0 saturated heterocycles. The summed E-state index contributed by atoms with van der Waals surface area (Å²) in [6.07, 6.45) is 0. The van der Waals surface area contributed by atoms with Crippen LogP contribution in [0.25, 0.3) is 56.1 Å². The van der Waals surface area contributed by atoms with Gasteiger partial charge in [0.05, 0.1) is 0 Å². The second kappa shape index (κ2) is 9.28. The first-order valence-electron chi connectivity index (χ1n) is 11.5. The number of aryl methyl sites for hydroxylation is 1. The third kappa shape index (κ3) is 4.06. The second-order valence-corrected chi connectivity index (χ2v) is 7.85. The molecule has 0 atom stereocenters. The van der Waals surface area contributed by atoms with Crippen LogP contribution in [0.5, 0.6) is 0 Å². The number of benzene rings is 4. The summed E-state index contributed by atoms with van der Waals surface area (Å²) in [4.78, 5) is 14.4. The van der Waals surface area contributed by atoms with E-state index in [4.69, 9.17) is 19.4 Å². The molecule has 2 aromatic heterocycles. The quantitative estimate of drug-likeness (QED) is 0.277. The van der Waals surface area contributed by atoms with Crippen LogP contribution >= 0.6 is 0 Å². The van der Waals surface area contributed by atoms with Crippen molar-refractivity contribution in [3.63, 3.8) is 0 Å². The van der Waals surface area contributed by atoms with Gasteiger partial charge in [0, 0.05) is 27.5 Å². The van der Waals surface area contributed by atoms with Crippen LogP contribution in [0.3, 0.4) is 0 Å². The van der Waals surface area contributed by atoms with Gasteiger partial charge in [-0.2, -0.15) is 0 Å². The lowest BCUT2D eigenvalue weighted by Crippen LogP contribution is -2.00. The molecule has 0 spiro atoms. The van der Waals surface area contributed by atoms with Gasteiger partial charge in [-0.3, -0.25) is 0 Å². The van der Waals surface area contributed by atoms with Crippen LogP contribution in [-0.4, -0.2) is 15.0 Å². The van der Waals surface area contributed by atoms with E-state index in [-0.39, 0.29) is 0 Å². The average Bonchev–Trinajstić information content (AvgIpc) is 3.28. The summed E-state index contributed by atoms with van der Waals surface area (Å²) in [5, 5.41) is 2.19. The van der Waals surface area contributed by atoms with Crippen molar-refractivity contribution in [2.45, 2.75) is 20.8 Å². The molecule has 0 bridgehead atoms. The Labute approximate surface area is 199 Å². The molecule has 2 heterocycles. The van der Waals surface area contributed by atoms with Gasteiger partial charge in [-0.1, -0.05) is 92.2 Å². The molecule has 34 heavy (non-hydrogen) atoms. The van der Waals surface area contributed by atoms with Gasteiger partial charge in [0.1, 0.15) is 11.2 Å². The Hall–Kier alpha value is -4.31. The molecule has 0 amide bonds.